The van der Waals surface area contributed by atoms with Crippen LogP contribution >= 0.6 is 11.6 Å². The van der Waals surface area contributed by atoms with Crippen LogP contribution in [0.4, 0.5) is 11.6 Å². The highest BCUT2D eigenvalue weighted by atomic mass is 35.5. The average Bonchev–Trinajstić information content (AvgIpc) is 2.75. The molecule has 0 unspecified atom stereocenters. The molecule has 11 nitrogen and oxygen atoms in total. The lowest BCUT2D eigenvalue weighted by Crippen LogP contribution is -2.49. The van der Waals surface area contributed by atoms with Gasteiger partial charge in [-0.3, -0.25) is 9.59 Å². The fraction of sp³-hybridized carbons (Fsp3) is 0.400. The fourth-order valence-corrected chi connectivity index (χ4v) is 2.95. The Morgan fingerprint density at radius 1 is 0.969 bits per heavy atom. The number of halogens is 1. The summed E-state index contributed by atoms with van der Waals surface area (Å²) in [5.74, 6) is 0.217. The standard InChI is InChI=1S/C20H28ClN7O4/c1-28(2,10-8-25-20(30)15-17(22)27-18(23)16(21)26-15)9-7-24-19(29)12-5-6-13(31-3)14(11-12)32-4/h5-6,11H,7-10H2,1-4H3,(H5-,22,23,24,25,27,29,30)/p+1. The van der Waals surface area contributed by atoms with E-state index < -0.39 is 5.91 Å². The molecule has 2 rings (SSSR count). The first-order valence-corrected chi connectivity index (χ1v) is 10.1. The lowest BCUT2D eigenvalue weighted by atomic mass is 10.2. The number of hydrogen-bond donors (Lipinski definition) is 4. The smallest absolute Gasteiger partial charge is 0.273 e. The second kappa shape index (κ2) is 10.8. The maximum atomic E-state index is 12.4. The molecular formula is C20H29ClN7O4+. The minimum atomic E-state index is -0.487. The number of carbonyl (C=O) groups is 2. The predicted octanol–water partition coefficient (Wildman–Crippen LogP) is 0.548. The summed E-state index contributed by atoms with van der Waals surface area (Å²) in [5.41, 5.74) is 11.6. The maximum Gasteiger partial charge on any atom is 0.273 e. The van der Waals surface area contributed by atoms with E-state index in [0.29, 0.717) is 47.7 Å². The summed E-state index contributed by atoms with van der Waals surface area (Å²) in [6, 6.07) is 4.98. The predicted molar refractivity (Wildman–Crippen MR) is 122 cm³/mol. The van der Waals surface area contributed by atoms with Crippen LogP contribution in [0.25, 0.3) is 0 Å². The van der Waals surface area contributed by atoms with E-state index in [1.54, 1.807) is 18.2 Å². The van der Waals surface area contributed by atoms with Gasteiger partial charge >= 0.3 is 0 Å². The first-order chi connectivity index (χ1) is 15.1. The molecule has 0 saturated heterocycles. The number of rotatable bonds is 10. The van der Waals surface area contributed by atoms with Crippen molar-refractivity contribution in [3.63, 3.8) is 0 Å². The fourth-order valence-electron chi connectivity index (χ4n) is 2.83. The zero-order valence-electron chi connectivity index (χ0n) is 18.6. The van der Waals surface area contributed by atoms with Crippen molar-refractivity contribution < 1.29 is 23.5 Å². The van der Waals surface area contributed by atoms with Crippen LogP contribution in [0.15, 0.2) is 18.2 Å². The summed E-state index contributed by atoms with van der Waals surface area (Å²) >= 11 is 5.81. The largest absolute Gasteiger partial charge is 0.493 e. The SMILES string of the molecule is COc1ccc(C(=O)NCC[N+](C)(C)CCNC(=O)c2nc(Cl)c(N)nc2N)cc1OC. The summed E-state index contributed by atoms with van der Waals surface area (Å²) < 4.78 is 11.0. The van der Waals surface area contributed by atoms with Crippen LogP contribution < -0.4 is 31.6 Å². The summed E-state index contributed by atoms with van der Waals surface area (Å²) in [7, 11) is 7.03. The number of ether oxygens (including phenoxy) is 2. The van der Waals surface area contributed by atoms with Gasteiger partial charge in [0.15, 0.2) is 34.0 Å². The lowest BCUT2D eigenvalue weighted by molar-refractivity contribution is -0.887. The number of carbonyl (C=O) groups excluding carboxylic acids is 2. The van der Waals surface area contributed by atoms with E-state index in [1.807, 2.05) is 14.1 Å². The molecule has 1 aromatic carbocycles. The molecule has 32 heavy (non-hydrogen) atoms. The highest BCUT2D eigenvalue weighted by Crippen LogP contribution is 2.27. The first-order valence-electron chi connectivity index (χ1n) is 9.77. The molecule has 1 heterocycles. The van der Waals surface area contributed by atoms with Gasteiger partial charge < -0.3 is 36.1 Å². The van der Waals surface area contributed by atoms with Gasteiger partial charge in [-0.1, -0.05) is 11.6 Å². The third-order valence-corrected chi connectivity index (χ3v) is 5.05. The van der Waals surface area contributed by atoms with Gasteiger partial charge in [-0.25, -0.2) is 9.97 Å². The van der Waals surface area contributed by atoms with Crippen molar-refractivity contribution in [2.45, 2.75) is 0 Å². The molecule has 6 N–H and O–H groups in total. The Kier molecular flexibility index (Phi) is 8.44. The van der Waals surface area contributed by atoms with Gasteiger partial charge in [0.25, 0.3) is 11.8 Å². The molecule has 0 bridgehead atoms. The minimum absolute atomic E-state index is 0.0337. The molecule has 2 aromatic rings. The molecule has 0 spiro atoms. The number of anilines is 2. The van der Waals surface area contributed by atoms with E-state index in [-0.39, 0.29) is 28.4 Å². The quantitative estimate of drug-likeness (QED) is 0.370. The molecule has 0 aliphatic carbocycles. The monoisotopic (exact) mass is 466 g/mol. The third kappa shape index (κ3) is 6.59. The van der Waals surface area contributed by atoms with Crippen molar-refractivity contribution in [3.05, 3.63) is 34.6 Å². The Bertz CT molecular complexity index is 985. The first kappa shape index (κ1) is 25.0. The number of amides is 2. The molecule has 0 atom stereocenters. The Hall–Kier alpha value is -3.31. The number of nitrogen functional groups attached to an aromatic ring is 2. The van der Waals surface area contributed by atoms with Crippen molar-refractivity contribution in [3.8, 4) is 11.5 Å². The van der Waals surface area contributed by atoms with Crippen LogP contribution in [0.1, 0.15) is 20.8 Å². The number of benzene rings is 1. The maximum absolute atomic E-state index is 12.4. The van der Waals surface area contributed by atoms with Gasteiger partial charge in [-0.05, 0) is 18.2 Å². The van der Waals surface area contributed by atoms with Gasteiger partial charge in [0.1, 0.15) is 0 Å². The van der Waals surface area contributed by atoms with Crippen molar-refractivity contribution in [2.24, 2.45) is 0 Å². The molecule has 0 saturated carbocycles. The van der Waals surface area contributed by atoms with Gasteiger partial charge in [0, 0.05) is 5.56 Å². The number of likely N-dealkylation sites (N-methyl/N-ethyl adjacent to an activating group) is 1. The molecule has 0 radical (unpaired) electrons. The van der Waals surface area contributed by atoms with Crippen LogP contribution in [0.2, 0.25) is 5.15 Å². The molecule has 0 aliphatic rings. The van der Waals surface area contributed by atoms with E-state index in [9.17, 15) is 9.59 Å². The molecule has 0 fully saturated rings. The van der Waals surface area contributed by atoms with Crippen LogP contribution in [-0.2, 0) is 0 Å². The third-order valence-electron chi connectivity index (χ3n) is 4.77. The number of nitrogens with two attached hydrogens (primary N) is 2. The minimum Gasteiger partial charge on any atom is -0.493 e. The van der Waals surface area contributed by atoms with Crippen molar-refractivity contribution in [1.82, 2.24) is 20.6 Å². The Morgan fingerprint density at radius 2 is 1.56 bits per heavy atom. The Morgan fingerprint density at radius 3 is 2.16 bits per heavy atom. The zero-order chi connectivity index (χ0) is 23.9. The van der Waals surface area contributed by atoms with Crippen molar-refractivity contribution >= 4 is 35.1 Å². The average molecular weight is 467 g/mol. The molecule has 12 heteroatoms. The van der Waals surface area contributed by atoms with Crippen LogP contribution in [0.3, 0.4) is 0 Å². The summed E-state index contributed by atoms with van der Waals surface area (Å²) in [6.45, 7) is 2.05. The van der Waals surface area contributed by atoms with Gasteiger partial charge in [0.05, 0.1) is 54.5 Å². The Labute approximate surface area is 191 Å². The normalized spacial score (nSPS) is 11.0. The number of nitrogens with zero attached hydrogens (tertiary/aromatic N) is 3. The zero-order valence-corrected chi connectivity index (χ0v) is 19.3. The van der Waals surface area contributed by atoms with Gasteiger partial charge in [-0.15, -0.1) is 0 Å². The second-order valence-corrected chi connectivity index (χ2v) is 7.96. The number of quaternary nitrogens is 1. The van der Waals surface area contributed by atoms with Crippen molar-refractivity contribution in [2.75, 3.05) is 66.0 Å². The van der Waals surface area contributed by atoms with E-state index in [0.717, 1.165) is 0 Å². The number of aromatic nitrogens is 2. The van der Waals surface area contributed by atoms with Gasteiger partial charge in [-0.2, -0.15) is 0 Å². The van der Waals surface area contributed by atoms with Crippen LogP contribution in [-0.4, -0.2) is 80.8 Å². The summed E-state index contributed by atoms with van der Waals surface area (Å²) in [6.07, 6.45) is 0. The summed E-state index contributed by atoms with van der Waals surface area (Å²) in [5, 5.41) is 5.55. The van der Waals surface area contributed by atoms with E-state index in [2.05, 4.69) is 20.6 Å². The molecular weight excluding hydrogens is 438 g/mol. The lowest BCUT2D eigenvalue weighted by Gasteiger charge is -2.30. The van der Waals surface area contributed by atoms with E-state index in [4.69, 9.17) is 32.5 Å². The molecule has 0 aliphatic heterocycles. The highest BCUT2D eigenvalue weighted by molar-refractivity contribution is 6.31. The number of hydrogen-bond acceptors (Lipinski definition) is 8. The van der Waals surface area contributed by atoms with E-state index in [1.165, 1.54) is 14.2 Å². The number of methoxy groups -OCH3 is 2. The molecule has 174 valence electrons. The van der Waals surface area contributed by atoms with Crippen LogP contribution in [0, 0.1) is 0 Å². The second-order valence-electron chi connectivity index (χ2n) is 7.60. The Balaban J connectivity index is 1.82. The van der Waals surface area contributed by atoms with E-state index >= 15 is 0 Å². The van der Waals surface area contributed by atoms with Gasteiger partial charge in [0.2, 0.25) is 0 Å². The summed E-state index contributed by atoms with van der Waals surface area (Å²) in [4.78, 5) is 32.4. The van der Waals surface area contributed by atoms with Crippen LogP contribution in [0.5, 0.6) is 11.5 Å². The number of nitrogens with one attached hydrogen (secondary N) is 2. The van der Waals surface area contributed by atoms with Crippen molar-refractivity contribution in [1.29, 1.82) is 0 Å². The molecule has 1 aromatic heterocycles. The molecule has 2 amide bonds. The highest BCUT2D eigenvalue weighted by Gasteiger charge is 2.19. The topological polar surface area (TPSA) is 154 Å².